The van der Waals surface area contributed by atoms with Crippen LogP contribution in [0.2, 0.25) is 5.15 Å². The van der Waals surface area contributed by atoms with Gasteiger partial charge in [-0.1, -0.05) is 24.4 Å². The van der Waals surface area contributed by atoms with Crippen LogP contribution in [0.3, 0.4) is 0 Å². The molecule has 0 aromatic carbocycles. The zero-order chi connectivity index (χ0) is 35.0. The van der Waals surface area contributed by atoms with Crippen molar-refractivity contribution in [3.8, 4) is 6.07 Å². The summed E-state index contributed by atoms with van der Waals surface area (Å²) >= 11 is 6.41. The minimum absolute atomic E-state index is 0.0305. The lowest BCUT2D eigenvalue weighted by molar-refractivity contribution is -0.0651. The summed E-state index contributed by atoms with van der Waals surface area (Å²) in [7, 11) is -4.27. The molecule has 1 saturated carbocycles. The van der Waals surface area contributed by atoms with Crippen molar-refractivity contribution < 1.29 is 61.8 Å². The first-order valence-electron chi connectivity index (χ1n) is 15.3. The third-order valence-electron chi connectivity index (χ3n) is 7.29. The number of aliphatic hydroxyl groups excluding tert-OH is 2. The smallest absolute Gasteiger partial charge is 0.432 e. The number of rotatable bonds is 15. The number of ether oxygens (including phenoxy) is 6. The van der Waals surface area contributed by atoms with Crippen LogP contribution in [0.4, 0.5) is 15.3 Å². The zero-order valence-corrected chi connectivity index (χ0v) is 28.6. The van der Waals surface area contributed by atoms with E-state index in [-0.39, 0.29) is 16.8 Å². The number of nitriles is 1. The molecule has 17 nitrogen and oxygen atoms in total. The van der Waals surface area contributed by atoms with Crippen LogP contribution in [0.1, 0.15) is 65.2 Å². The third kappa shape index (κ3) is 9.70. The number of pyridine rings is 1. The molecule has 4 rings (SSSR count). The van der Waals surface area contributed by atoms with E-state index in [1.165, 1.54) is 4.57 Å². The number of nitrogens with zero attached hydrogens (tertiary/aromatic N) is 3. The quantitative estimate of drug-likeness (QED) is 0.0977. The summed E-state index contributed by atoms with van der Waals surface area (Å²) in [6.45, 7) is 4.27. The number of carbonyl (C=O) groups is 2. The van der Waals surface area contributed by atoms with E-state index in [1.54, 1.807) is 40.0 Å². The van der Waals surface area contributed by atoms with Crippen LogP contribution in [0.25, 0.3) is 11.0 Å². The second-order valence-corrected chi connectivity index (χ2v) is 14.0. The van der Waals surface area contributed by atoms with Crippen molar-refractivity contribution in [3.63, 3.8) is 0 Å². The molecule has 2 aromatic heterocycles. The molecule has 1 aliphatic carbocycles. The van der Waals surface area contributed by atoms with Crippen LogP contribution < -0.4 is 5.32 Å². The van der Waals surface area contributed by atoms with Crippen molar-refractivity contribution in [2.24, 2.45) is 0 Å². The first-order valence-corrected chi connectivity index (χ1v) is 17.4. The van der Waals surface area contributed by atoms with Crippen molar-refractivity contribution >= 4 is 48.2 Å². The standard InChI is InChI=1S/C29H40ClN4O13P/c1-16(2)45-28(37)41-13-43-48(39,44-14-42-29(38)46-17(3)4)15-40-12-21-23(35)24(36)27(47-21)34-10-9-19-22(32-18-7-5-6-8-18)20(11-31)25(30)33-26(19)34/h9-10,16-18,21,23-24,27,35-36H,5-8,12-15H2,1-4H3,(H,32,33)/t21-,23-,24-,27-/m1/s1. The third-order valence-corrected chi connectivity index (χ3v) is 9.06. The van der Waals surface area contributed by atoms with Crippen molar-refractivity contribution in [2.45, 2.75) is 96.2 Å². The van der Waals surface area contributed by atoms with Crippen LogP contribution in [-0.4, -0.2) is 95.2 Å². The Bertz CT molecular complexity index is 1480. The van der Waals surface area contributed by atoms with E-state index in [0.717, 1.165) is 25.7 Å². The number of aromatic nitrogens is 2. The molecule has 266 valence electrons. The van der Waals surface area contributed by atoms with E-state index in [0.29, 0.717) is 16.7 Å². The highest BCUT2D eigenvalue weighted by Gasteiger charge is 2.45. The molecule has 0 radical (unpaired) electrons. The van der Waals surface area contributed by atoms with Gasteiger partial charge in [0.05, 0.1) is 24.5 Å². The fourth-order valence-electron chi connectivity index (χ4n) is 5.12. The largest absolute Gasteiger partial charge is 0.510 e. The molecule has 2 aromatic rings. The minimum atomic E-state index is -4.27. The summed E-state index contributed by atoms with van der Waals surface area (Å²) < 4.78 is 55.6. The number of carbonyl (C=O) groups excluding carboxylic acids is 2. The van der Waals surface area contributed by atoms with Gasteiger partial charge in [0, 0.05) is 17.6 Å². The Hall–Kier alpha value is -3.20. The highest BCUT2D eigenvalue weighted by molar-refractivity contribution is 7.53. The molecule has 19 heteroatoms. The number of fused-ring (bicyclic) bond motifs is 1. The number of aliphatic hydroxyl groups is 2. The van der Waals surface area contributed by atoms with Crippen molar-refractivity contribution in [1.82, 2.24) is 9.55 Å². The fourth-order valence-corrected chi connectivity index (χ4v) is 6.32. The molecule has 2 fully saturated rings. The summed E-state index contributed by atoms with van der Waals surface area (Å²) in [6.07, 6.45) is -3.43. The number of anilines is 1. The van der Waals surface area contributed by atoms with E-state index >= 15 is 0 Å². The van der Waals surface area contributed by atoms with Gasteiger partial charge in [0.15, 0.2) is 11.4 Å². The van der Waals surface area contributed by atoms with Gasteiger partial charge in [-0.15, -0.1) is 0 Å². The molecule has 2 aliphatic rings. The lowest BCUT2D eigenvalue weighted by atomic mass is 10.1. The Morgan fingerprint density at radius 1 is 1.10 bits per heavy atom. The maximum Gasteiger partial charge on any atom is 0.510 e. The Labute approximate surface area is 281 Å². The summed E-state index contributed by atoms with van der Waals surface area (Å²) in [5, 5.41) is 35.5. The number of hydrogen-bond acceptors (Lipinski definition) is 16. The van der Waals surface area contributed by atoms with Crippen LogP contribution in [0.5, 0.6) is 0 Å². The van der Waals surface area contributed by atoms with Gasteiger partial charge in [-0.05, 0) is 46.6 Å². The topological polar surface area (TPSA) is 219 Å². The Balaban J connectivity index is 1.42. The summed E-state index contributed by atoms with van der Waals surface area (Å²) in [4.78, 5) is 27.8. The molecule has 1 aliphatic heterocycles. The number of halogens is 1. The second-order valence-electron chi connectivity index (χ2n) is 11.6. The van der Waals surface area contributed by atoms with Gasteiger partial charge in [0.1, 0.15) is 41.9 Å². The van der Waals surface area contributed by atoms with Gasteiger partial charge < -0.3 is 48.5 Å². The van der Waals surface area contributed by atoms with Crippen molar-refractivity contribution in [2.75, 3.05) is 31.9 Å². The predicted molar refractivity (Wildman–Crippen MR) is 167 cm³/mol. The maximum absolute atomic E-state index is 13.3. The van der Waals surface area contributed by atoms with E-state index in [1.807, 2.05) is 0 Å². The molecule has 0 amide bonds. The SMILES string of the molecule is CC(C)OC(=O)OCOP(=O)(COC[C@H]1O[C@@H](n2ccc3c(NC4CCCC4)c(C#N)c(Cl)nc32)[C@H](O)[C@@H]1O)OCOC(=O)OC(C)C. The molecule has 0 spiro atoms. The average molecular weight is 719 g/mol. The molecular formula is C29H40ClN4O13P. The fraction of sp³-hybridized carbons (Fsp3) is 0.655. The van der Waals surface area contributed by atoms with Crippen LogP contribution >= 0.6 is 19.2 Å². The van der Waals surface area contributed by atoms with E-state index in [4.69, 9.17) is 49.1 Å². The van der Waals surface area contributed by atoms with E-state index < -0.39 is 83.2 Å². The Morgan fingerprint density at radius 2 is 1.71 bits per heavy atom. The summed E-state index contributed by atoms with van der Waals surface area (Å²) in [5.74, 6) is 0. The molecule has 48 heavy (non-hydrogen) atoms. The van der Waals surface area contributed by atoms with Crippen LogP contribution in [0, 0.1) is 11.3 Å². The lowest BCUT2D eigenvalue weighted by Crippen LogP contribution is -2.34. The van der Waals surface area contributed by atoms with Gasteiger partial charge in [0.25, 0.3) is 0 Å². The molecule has 1 saturated heterocycles. The molecular weight excluding hydrogens is 679 g/mol. The van der Waals surface area contributed by atoms with Crippen LogP contribution in [-0.2, 0) is 42.0 Å². The molecule has 0 bridgehead atoms. The first kappa shape index (κ1) is 37.6. The normalized spacial score (nSPS) is 21.5. The molecule has 4 atom stereocenters. The molecule has 3 N–H and O–H groups in total. The minimum Gasteiger partial charge on any atom is -0.432 e. The lowest BCUT2D eigenvalue weighted by Gasteiger charge is -2.20. The van der Waals surface area contributed by atoms with Gasteiger partial charge in [-0.25, -0.2) is 14.6 Å². The first-order chi connectivity index (χ1) is 22.8. The Morgan fingerprint density at radius 3 is 2.27 bits per heavy atom. The maximum atomic E-state index is 13.3. The highest BCUT2D eigenvalue weighted by Crippen LogP contribution is 2.48. The number of hydrogen-bond donors (Lipinski definition) is 3. The summed E-state index contributed by atoms with van der Waals surface area (Å²) in [6, 6.07) is 3.99. The monoisotopic (exact) mass is 718 g/mol. The second kappa shape index (κ2) is 17.0. The molecule has 0 unspecified atom stereocenters. The van der Waals surface area contributed by atoms with E-state index in [9.17, 15) is 29.6 Å². The predicted octanol–water partition coefficient (Wildman–Crippen LogP) is 4.77. The van der Waals surface area contributed by atoms with Gasteiger partial charge in [-0.2, -0.15) is 5.26 Å². The summed E-state index contributed by atoms with van der Waals surface area (Å²) in [5.41, 5.74) is 1.05. The Kier molecular flexibility index (Phi) is 13.3. The van der Waals surface area contributed by atoms with Gasteiger partial charge in [-0.3, -0.25) is 13.6 Å². The molecule has 3 heterocycles. The average Bonchev–Trinajstić information content (AvgIpc) is 3.73. The van der Waals surface area contributed by atoms with E-state index in [2.05, 4.69) is 16.4 Å². The van der Waals surface area contributed by atoms with Crippen molar-refractivity contribution in [1.29, 1.82) is 5.26 Å². The van der Waals surface area contributed by atoms with Gasteiger partial charge >= 0.3 is 19.9 Å². The number of nitrogens with one attached hydrogen (secondary N) is 1. The highest BCUT2D eigenvalue weighted by atomic mass is 35.5. The van der Waals surface area contributed by atoms with Crippen molar-refractivity contribution in [3.05, 3.63) is 23.0 Å². The van der Waals surface area contributed by atoms with Crippen LogP contribution in [0.15, 0.2) is 12.3 Å². The van der Waals surface area contributed by atoms with Gasteiger partial charge in [0.2, 0.25) is 13.6 Å². The zero-order valence-electron chi connectivity index (χ0n) is 26.9.